The minimum atomic E-state index is -3.85. The molecule has 2 aromatic carbocycles. The van der Waals surface area contributed by atoms with Crippen molar-refractivity contribution < 1.29 is 27.4 Å². The zero-order valence-corrected chi connectivity index (χ0v) is 14.3. The lowest BCUT2D eigenvalue weighted by Crippen LogP contribution is -2.28. The molecule has 6 nitrogen and oxygen atoms in total. The predicted molar refractivity (Wildman–Crippen MR) is 88.7 cm³/mol. The van der Waals surface area contributed by atoms with E-state index in [9.17, 15) is 17.9 Å². The van der Waals surface area contributed by atoms with Gasteiger partial charge >= 0.3 is 0 Å². The summed E-state index contributed by atoms with van der Waals surface area (Å²) in [5.41, 5.74) is 0.734. The molecule has 0 saturated heterocycles. The Morgan fingerprint density at radius 3 is 2.60 bits per heavy atom. The van der Waals surface area contributed by atoms with Crippen molar-refractivity contribution in [2.75, 3.05) is 19.8 Å². The van der Waals surface area contributed by atoms with Gasteiger partial charge in [0.15, 0.2) is 11.5 Å². The van der Waals surface area contributed by atoms with Crippen LogP contribution in [0.2, 0.25) is 0 Å². The normalized spacial score (nSPS) is 15.0. The largest absolute Gasteiger partial charge is 0.486 e. The quantitative estimate of drug-likeness (QED) is 0.843. The summed E-state index contributed by atoms with van der Waals surface area (Å²) in [6.45, 7) is 2.14. The SMILES string of the molecule is Cc1cc(S(=O)(=O)NC[C@H](O)c2ccc3c(c2)OCCO3)ccc1F. The number of ether oxygens (including phenoxy) is 2. The van der Waals surface area contributed by atoms with Gasteiger partial charge in [0.2, 0.25) is 10.0 Å². The van der Waals surface area contributed by atoms with E-state index in [-0.39, 0.29) is 17.0 Å². The molecule has 25 heavy (non-hydrogen) atoms. The molecule has 1 atom stereocenters. The van der Waals surface area contributed by atoms with Gasteiger partial charge in [0.1, 0.15) is 19.0 Å². The fourth-order valence-corrected chi connectivity index (χ4v) is 3.56. The van der Waals surface area contributed by atoms with Crippen molar-refractivity contribution in [1.29, 1.82) is 0 Å². The van der Waals surface area contributed by atoms with Crippen LogP contribution in [-0.2, 0) is 10.0 Å². The number of benzene rings is 2. The van der Waals surface area contributed by atoms with Gasteiger partial charge < -0.3 is 14.6 Å². The number of fused-ring (bicyclic) bond motifs is 1. The van der Waals surface area contributed by atoms with Crippen molar-refractivity contribution in [2.45, 2.75) is 17.9 Å². The van der Waals surface area contributed by atoms with Gasteiger partial charge in [-0.05, 0) is 48.4 Å². The van der Waals surface area contributed by atoms with Crippen molar-refractivity contribution in [3.05, 3.63) is 53.3 Å². The van der Waals surface area contributed by atoms with Gasteiger partial charge in [-0.1, -0.05) is 6.07 Å². The Kier molecular flexibility index (Phi) is 4.94. The number of rotatable bonds is 5. The van der Waals surface area contributed by atoms with Gasteiger partial charge in [0, 0.05) is 6.54 Å². The highest BCUT2D eigenvalue weighted by molar-refractivity contribution is 7.89. The fourth-order valence-electron chi connectivity index (χ4n) is 2.44. The van der Waals surface area contributed by atoms with Crippen LogP contribution < -0.4 is 14.2 Å². The van der Waals surface area contributed by atoms with Crippen molar-refractivity contribution in [3.8, 4) is 11.5 Å². The molecule has 0 fully saturated rings. The van der Waals surface area contributed by atoms with E-state index in [4.69, 9.17) is 9.47 Å². The Morgan fingerprint density at radius 1 is 1.16 bits per heavy atom. The molecule has 8 heteroatoms. The van der Waals surface area contributed by atoms with E-state index < -0.39 is 21.9 Å². The van der Waals surface area contributed by atoms with Gasteiger partial charge in [-0.2, -0.15) is 0 Å². The van der Waals surface area contributed by atoms with Crippen LogP contribution in [0.4, 0.5) is 4.39 Å². The van der Waals surface area contributed by atoms with E-state index >= 15 is 0 Å². The van der Waals surface area contributed by atoms with E-state index in [1.165, 1.54) is 19.1 Å². The van der Waals surface area contributed by atoms with Gasteiger partial charge in [0.25, 0.3) is 0 Å². The summed E-state index contributed by atoms with van der Waals surface area (Å²) in [6, 6.07) is 8.46. The van der Waals surface area contributed by atoms with Crippen LogP contribution in [0.15, 0.2) is 41.3 Å². The zero-order valence-electron chi connectivity index (χ0n) is 13.5. The molecule has 2 N–H and O–H groups in total. The molecule has 0 saturated carbocycles. The van der Waals surface area contributed by atoms with Crippen LogP contribution in [0.25, 0.3) is 0 Å². The molecule has 0 amide bonds. The van der Waals surface area contributed by atoms with Crippen molar-refractivity contribution in [3.63, 3.8) is 0 Å². The monoisotopic (exact) mass is 367 g/mol. The third-order valence-corrected chi connectivity index (χ3v) is 5.28. The van der Waals surface area contributed by atoms with E-state index in [1.54, 1.807) is 18.2 Å². The first kappa shape index (κ1) is 17.7. The number of hydrogen-bond donors (Lipinski definition) is 2. The number of aryl methyl sites for hydroxylation is 1. The Hall–Kier alpha value is -2.16. The highest BCUT2D eigenvalue weighted by Crippen LogP contribution is 2.32. The van der Waals surface area contributed by atoms with E-state index in [0.717, 1.165) is 6.07 Å². The Balaban J connectivity index is 1.70. The van der Waals surface area contributed by atoms with Crippen LogP contribution in [-0.4, -0.2) is 33.3 Å². The summed E-state index contributed by atoms with van der Waals surface area (Å²) >= 11 is 0. The standard InChI is InChI=1S/C17H18FNO5S/c1-11-8-13(3-4-14(11)18)25(21,22)19-10-15(20)12-2-5-16-17(9-12)24-7-6-23-16/h2-5,8-9,15,19-20H,6-7,10H2,1H3/t15-/m0/s1. The molecule has 0 aromatic heterocycles. The first-order chi connectivity index (χ1) is 11.9. The number of aliphatic hydroxyl groups is 1. The van der Waals surface area contributed by atoms with Gasteiger partial charge in [-0.25, -0.2) is 17.5 Å². The van der Waals surface area contributed by atoms with E-state index in [0.29, 0.717) is 30.3 Å². The molecule has 134 valence electrons. The summed E-state index contributed by atoms with van der Waals surface area (Å²) < 4.78 is 51.0. The van der Waals surface area contributed by atoms with Gasteiger partial charge in [0.05, 0.1) is 11.0 Å². The highest BCUT2D eigenvalue weighted by atomic mass is 32.2. The topological polar surface area (TPSA) is 84.9 Å². The molecular weight excluding hydrogens is 349 g/mol. The zero-order chi connectivity index (χ0) is 18.0. The minimum absolute atomic E-state index is 0.0548. The van der Waals surface area contributed by atoms with Crippen molar-refractivity contribution >= 4 is 10.0 Å². The smallest absolute Gasteiger partial charge is 0.240 e. The molecular formula is C17H18FNO5S. The van der Waals surface area contributed by atoms with E-state index in [2.05, 4.69) is 4.72 Å². The number of sulfonamides is 1. The fraction of sp³-hybridized carbons (Fsp3) is 0.294. The Bertz CT molecular complexity index is 885. The Labute approximate surface area is 145 Å². The lowest BCUT2D eigenvalue weighted by Gasteiger charge is -2.20. The van der Waals surface area contributed by atoms with E-state index in [1.807, 2.05) is 0 Å². The molecule has 0 bridgehead atoms. The summed E-state index contributed by atoms with van der Waals surface area (Å²) in [5, 5.41) is 10.2. The number of nitrogens with one attached hydrogen (secondary N) is 1. The summed E-state index contributed by atoms with van der Waals surface area (Å²) in [4.78, 5) is -0.0548. The molecule has 1 aliphatic heterocycles. The van der Waals surface area contributed by atoms with Crippen LogP contribution in [0.1, 0.15) is 17.2 Å². The summed E-state index contributed by atoms with van der Waals surface area (Å²) in [6.07, 6.45) is -1.06. The molecule has 0 aliphatic carbocycles. The van der Waals surface area contributed by atoms with Crippen molar-refractivity contribution in [2.24, 2.45) is 0 Å². The van der Waals surface area contributed by atoms with Crippen LogP contribution in [0, 0.1) is 12.7 Å². The van der Waals surface area contributed by atoms with Crippen LogP contribution in [0.3, 0.4) is 0 Å². The second-order valence-electron chi connectivity index (χ2n) is 5.68. The van der Waals surface area contributed by atoms with Crippen molar-refractivity contribution in [1.82, 2.24) is 4.72 Å². The first-order valence-electron chi connectivity index (χ1n) is 7.70. The number of hydrogen-bond acceptors (Lipinski definition) is 5. The predicted octanol–water partition coefficient (Wildman–Crippen LogP) is 1.92. The minimum Gasteiger partial charge on any atom is -0.486 e. The maximum absolute atomic E-state index is 13.3. The second kappa shape index (κ2) is 6.99. The third-order valence-electron chi connectivity index (χ3n) is 3.86. The summed E-state index contributed by atoms with van der Waals surface area (Å²) in [7, 11) is -3.85. The molecule has 1 aliphatic rings. The van der Waals surface area contributed by atoms with Gasteiger partial charge in [-0.15, -0.1) is 0 Å². The number of aliphatic hydroxyl groups excluding tert-OH is 1. The average Bonchev–Trinajstić information content (AvgIpc) is 2.61. The molecule has 0 unspecified atom stereocenters. The molecule has 3 rings (SSSR count). The lowest BCUT2D eigenvalue weighted by molar-refractivity contribution is 0.165. The maximum atomic E-state index is 13.3. The second-order valence-corrected chi connectivity index (χ2v) is 7.45. The Morgan fingerprint density at radius 2 is 1.88 bits per heavy atom. The number of halogens is 1. The molecule has 2 aromatic rings. The third kappa shape index (κ3) is 3.92. The lowest BCUT2D eigenvalue weighted by atomic mass is 10.1. The average molecular weight is 367 g/mol. The molecule has 0 spiro atoms. The maximum Gasteiger partial charge on any atom is 0.240 e. The van der Waals surface area contributed by atoms with Crippen LogP contribution in [0.5, 0.6) is 11.5 Å². The van der Waals surface area contributed by atoms with Gasteiger partial charge in [-0.3, -0.25) is 0 Å². The first-order valence-corrected chi connectivity index (χ1v) is 9.18. The molecule has 1 heterocycles. The molecule has 0 radical (unpaired) electrons. The van der Waals surface area contributed by atoms with Crippen LogP contribution >= 0.6 is 0 Å². The highest BCUT2D eigenvalue weighted by Gasteiger charge is 2.19. The summed E-state index contributed by atoms with van der Waals surface area (Å²) in [5.74, 6) is 0.625.